The third-order valence-electron chi connectivity index (χ3n) is 3.21. The molecule has 5 heteroatoms. The van der Waals surface area contributed by atoms with Gasteiger partial charge < -0.3 is 10.2 Å². The lowest BCUT2D eigenvalue weighted by atomic mass is 10.2. The first-order valence-corrected chi connectivity index (χ1v) is 6.44. The minimum absolute atomic E-state index is 0.126. The maximum atomic E-state index is 11.1. The molecule has 0 radical (unpaired) electrons. The van der Waals surface area contributed by atoms with Crippen LogP contribution in [0.25, 0.3) is 0 Å². The second-order valence-corrected chi connectivity index (χ2v) is 4.95. The molecule has 0 atom stereocenters. The van der Waals surface area contributed by atoms with Crippen molar-refractivity contribution in [2.75, 3.05) is 23.8 Å². The van der Waals surface area contributed by atoms with Gasteiger partial charge in [0.05, 0.1) is 6.54 Å². The van der Waals surface area contributed by atoms with Crippen LogP contribution in [0.4, 0.5) is 11.6 Å². The Morgan fingerprint density at radius 2 is 2.17 bits per heavy atom. The van der Waals surface area contributed by atoms with Crippen molar-refractivity contribution in [2.45, 2.75) is 38.6 Å². The van der Waals surface area contributed by atoms with Gasteiger partial charge in [0.1, 0.15) is 23.7 Å². The molecule has 1 heterocycles. The first-order chi connectivity index (χ1) is 8.65. The standard InChI is InChI=1S/C13H20N4O/c1-10(18)8-17(2)13-7-12(14-9-15-13)16-11-5-3-4-6-11/h7,9,11H,3-6,8H2,1-2H3,(H,14,15,16). The third kappa shape index (κ3) is 3.42. The van der Waals surface area contributed by atoms with Crippen molar-refractivity contribution in [3.8, 4) is 0 Å². The average molecular weight is 248 g/mol. The molecule has 98 valence electrons. The van der Waals surface area contributed by atoms with Gasteiger partial charge in [-0.15, -0.1) is 0 Å². The van der Waals surface area contributed by atoms with E-state index < -0.39 is 0 Å². The highest BCUT2D eigenvalue weighted by Crippen LogP contribution is 2.22. The summed E-state index contributed by atoms with van der Waals surface area (Å²) in [4.78, 5) is 21.3. The first kappa shape index (κ1) is 12.8. The molecule has 1 aromatic rings. The molecule has 5 nitrogen and oxygen atoms in total. The fraction of sp³-hybridized carbons (Fsp3) is 0.615. The van der Waals surface area contributed by atoms with Gasteiger partial charge in [-0.1, -0.05) is 12.8 Å². The molecule has 0 aromatic carbocycles. The number of carbonyl (C=O) groups excluding carboxylic acids is 1. The summed E-state index contributed by atoms with van der Waals surface area (Å²) in [5.74, 6) is 1.75. The zero-order valence-corrected chi connectivity index (χ0v) is 11.0. The number of anilines is 2. The van der Waals surface area contributed by atoms with Gasteiger partial charge in [-0.05, 0) is 19.8 Å². The topological polar surface area (TPSA) is 58.1 Å². The SMILES string of the molecule is CC(=O)CN(C)c1cc(NC2CCCC2)ncn1. The zero-order valence-electron chi connectivity index (χ0n) is 11.0. The normalized spacial score (nSPS) is 15.7. The molecular formula is C13H20N4O. The number of hydrogen-bond donors (Lipinski definition) is 1. The van der Waals surface area contributed by atoms with Gasteiger partial charge in [-0.3, -0.25) is 4.79 Å². The molecule has 0 saturated heterocycles. The molecule has 0 amide bonds. The number of carbonyl (C=O) groups is 1. The molecule has 0 spiro atoms. The Balaban J connectivity index is 2.01. The van der Waals surface area contributed by atoms with E-state index in [0.717, 1.165) is 11.6 Å². The second kappa shape index (κ2) is 5.80. The van der Waals surface area contributed by atoms with Gasteiger partial charge in [0.2, 0.25) is 0 Å². The Morgan fingerprint density at radius 3 is 2.83 bits per heavy atom. The minimum atomic E-state index is 0.126. The highest BCUT2D eigenvalue weighted by atomic mass is 16.1. The Hall–Kier alpha value is -1.65. The lowest BCUT2D eigenvalue weighted by Crippen LogP contribution is -2.25. The summed E-state index contributed by atoms with van der Waals surface area (Å²) < 4.78 is 0. The van der Waals surface area contributed by atoms with Crippen molar-refractivity contribution in [1.82, 2.24) is 9.97 Å². The van der Waals surface area contributed by atoms with E-state index in [-0.39, 0.29) is 5.78 Å². The van der Waals surface area contributed by atoms with Gasteiger partial charge in [0.25, 0.3) is 0 Å². The number of likely N-dealkylation sites (N-methyl/N-ethyl adjacent to an activating group) is 1. The van der Waals surface area contributed by atoms with Crippen LogP contribution < -0.4 is 10.2 Å². The quantitative estimate of drug-likeness (QED) is 0.862. The van der Waals surface area contributed by atoms with Gasteiger partial charge in [-0.2, -0.15) is 0 Å². The van der Waals surface area contributed by atoms with Crippen molar-refractivity contribution in [3.05, 3.63) is 12.4 Å². The van der Waals surface area contributed by atoms with Crippen molar-refractivity contribution in [2.24, 2.45) is 0 Å². The van der Waals surface area contributed by atoms with Gasteiger partial charge in [0, 0.05) is 19.2 Å². The molecule has 0 unspecified atom stereocenters. The predicted molar refractivity (Wildman–Crippen MR) is 71.9 cm³/mol. The smallest absolute Gasteiger partial charge is 0.149 e. The van der Waals surface area contributed by atoms with Crippen LogP contribution in [0.2, 0.25) is 0 Å². The highest BCUT2D eigenvalue weighted by molar-refractivity contribution is 5.80. The molecule has 1 aromatic heterocycles. The van der Waals surface area contributed by atoms with Crippen LogP contribution in [-0.4, -0.2) is 35.4 Å². The summed E-state index contributed by atoms with van der Waals surface area (Å²) in [6.07, 6.45) is 6.55. The lowest BCUT2D eigenvalue weighted by Gasteiger charge is -2.18. The monoisotopic (exact) mass is 248 g/mol. The maximum Gasteiger partial charge on any atom is 0.149 e. The Kier molecular flexibility index (Phi) is 4.12. The molecule has 2 rings (SSSR count). The third-order valence-corrected chi connectivity index (χ3v) is 3.21. The molecule has 0 bridgehead atoms. The van der Waals surface area contributed by atoms with Crippen LogP contribution in [0.15, 0.2) is 12.4 Å². The largest absolute Gasteiger partial charge is 0.367 e. The van der Waals surface area contributed by atoms with E-state index in [4.69, 9.17) is 0 Å². The molecule has 1 saturated carbocycles. The van der Waals surface area contributed by atoms with Crippen molar-refractivity contribution < 1.29 is 4.79 Å². The van der Waals surface area contributed by atoms with Crippen LogP contribution in [0.5, 0.6) is 0 Å². The van der Waals surface area contributed by atoms with Gasteiger partial charge in [0.15, 0.2) is 0 Å². The van der Waals surface area contributed by atoms with E-state index in [2.05, 4.69) is 15.3 Å². The molecule has 18 heavy (non-hydrogen) atoms. The van der Waals surface area contributed by atoms with E-state index in [0.29, 0.717) is 12.6 Å². The van der Waals surface area contributed by atoms with Crippen molar-refractivity contribution in [3.63, 3.8) is 0 Å². The molecule has 0 aliphatic heterocycles. The second-order valence-electron chi connectivity index (χ2n) is 4.95. The fourth-order valence-electron chi connectivity index (χ4n) is 2.33. The highest BCUT2D eigenvalue weighted by Gasteiger charge is 2.15. The molecular weight excluding hydrogens is 228 g/mol. The Bertz CT molecular complexity index is 415. The Morgan fingerprint density at radius 1 is 1.44 bits per heavy atom. The van der Waals surface area contributed by atoms with E-state index >= 15 is 0 Å². The van der Waals surface area contributed by atoms with E-state index in [1.165, 1.54) is 25.7 Å². The number of aromatic nitrogens is 2. The minimum Gasteiger partial charge on any atom is -0.367 e. The predicted octanol–water partition coefficient (Wildman–Crippen LogP) is 1.86. The first-order valence-electron chi connectivity index (χ1n) is 6.44. The molecule has 1 fully saturated rings. The summed E-state index contributed by atoms with van der Waals surface area (Å²) in [6.45, 7) is 1.95. The zero-order chi connectivity index (χ0) is 13.0. The number of Topliss-reactive ketones (excluding diaryl/α,β-unsaturated/α-hetero) is 1. The van der Waals surface area contributed by atoms with Gasteiger partial charge >= 0.3 is 0 Å². The number of rotatable bonds is 5. The summed E-state index contributed by atoms with van der Waals surface area (Å²) >= 11 is 0. The van der Waals surface area contributed by atoms with Crippen molar-refractivity contribution in [1.29, 1.82) is 0 Å². The summed E-state index contributed by atoms with van der Waals surface area (Å²) in [7, 11) is 1.86. The summed E-state index contributed by atoms with van der Waals surface area (Å²) in [6, 6.07) is 2.44. The maximum absolute atomic E-state index is 11.1. The number of ketones is 1. The summed E-state index contributed by atoms with van der Waals surface area (Å²) in [5.41, 5.74) is 0. The van der Waals surface area contributed by atoms with E-state index in [9.17, 15) is 4.79 Å². The van der Waals surface area contributed by atoms with Crippen LogP contribution in [0.1, 0.15) is 32.6 Å². The average Bonchev–Trinajstić information content (AvgIpc) is 2.81. The number of nitrogens with zero attached hydrogens (tertiary/aromatic N) is 3. The number of hydrogen-bond acceptors (Lipinski definition) is 5. The van der Waals surface area contributed by atoms with E-state index in [1.54, 1.807) is 13.3 Å². The summed E-state index contributed by atoms with van der Waals surface area (Å²) in [5, 5.41) is 3.43. The van der Waals surface area contributed by atoms with Crippen molar-refractivity contribution >= 4 is 17.4 Å². The van der Waals surface area contributed by atoms with Crippen LogP contribution >= 0.6 is 0 Å². The van der Waals surface area contributed by atoms with Crippen LogP contribution in [0, 0.1) is 0 Å². The Labute approximate surface area is 108 Å². The lowest BCUT2D eigenvalue weighted by molar-refractivity contribution is -0.115. The molecule has 1 aliphatic carbocycles. The number of nitrogens with one attached hydrogen (secondary N) is 1. The van der Waals surface area contributed by atoms with Crippen LogP contribution in [0.3, 0.4) is 0 Å². The fourth-order valence-corrected chi connectivity index (χ4v) is 2.33. The van der Waals surface area contributed by atoms with Crippen LogP contribution in [-0.2, 0) is 4.79 Å². The molecule has 1 N–H and O–H groups in total. The van der Waals surface area contributed by atoms with Gasteiger partial charge in [-0.25, -0.2) is 9.97 Å². The molecule has 1 aliphatic rings. The van der Waals surface area contributed by atoms with E-state index in [1.807, 2.05) is 18.0 Å².